The molecule has 0 bridgehead atoms. The largest absolute Gasteiger partial charge is 0.401 e. The van der Waals surface area contributed by atoms with Crippen molar-refractivity contribution in [3.8, 4) is 0 Å². The van der Waals surface area contributed by atoms with Crippen LogP contribution in [-0.2, 0) is 11.3 Å². The number of nitrogens with zero attached hydrogens (tertiary/aromatic N) is 2. The van der Waals surface area contributed by atoms with Crippen molar-refractivity contribution >= 4 is 11.6 Å². The quantitative estimate of drug-likeness (QED) is 0.362. The van der Waals surface area contributed by atoms with Gasteiger partial charge in [-0.15, -0.1) is 0 Å². The molecule has 1 aromatic rings. The van der Waals surface area contributed by atoms with E-state index < -0.39 is 12.7 Å². The van der Waals surface area contributed by atoms with E-state index in [-0.39, 0.29) is 6.04 Å². The number of anilines is 1. The van der Waals surface area contributed by atoms with Crippen LogP contribution in [0.1, 0.15) is 12.0 Å². The van der Waals surface area contributed by atoms with E-state index in [4.69, 9.17) is 4.74 Å². The van der Waals surface area contributed by atoms with Gasteiger partial charge in [-0.3, -0.25) is 9.89 Å². The molecular formula is C18H28F3N5O. The Morgan fingerprint density at radius 2 is 2.04 bits per heavy atom. The molecule has 0 spiro atoms. The number of rotatable bonds is 8. The zero-order chi connectivity index (χ0) is 19.7. The lowest BCUT2D eigenvalue weighted by molar-refractivity contribution is -0.143. The van der Waals surface area contributed by atoms with Crippen molar-refractivity contribution in [1.82, 2.24) is 15.5 Å². The second kappa shape index (κ2) is 10.4. The minimum atomic E-state index is -4.15. The Bertz CT molecular complexity index is 592. The van der Waals surface area contributed by atoms with Crippen molar-refractivity contribution in [2.75, 3.05) is 52.3 Å². The summed E-state index contributed by atoms with van der Waals surface area (Å²) in [6.07, 6.45) is -3.49. The summed E-state index contributed by atoms with van der Waals surface area (Å²) in [6, 6.07) is 7.97. The van der Waals surface area contributed by atoms with E-state index in [1.165, 1.54) is 4.90 Å². The second-order valence-electron chi connectivity index (χ2n) is 6.52. The third-order valence-electron chi connectivity index (χ3n) is 4.29. The monoisotopic (exact) mass is 387 g/mol. The number of ether oxygens (including phenoxy) is 1. The SMILES string of the molecule is CN=C(NCc1ccc(NCCOC)cc1)NC1CCN(CC(F)(F)F)C1. The van der Waals surface area contributed by atoms with Crippen molar-refractivity contribution in [3.05, 3.63) is 29.8 Å². The van der Waals surface area contributed by atoms with E-state index in [0.29, 0.717) is 38.6 Å². The number of benzene rings is 1. The van der Waals surface area contributed by atoms with Crippen molar-refractivity contribution in [3.63, 3.8) is 0 Å². The lowest BCUT2D eigenvalue weighted by Gasteiger charge is -2.20. The van der Waals surface area contributed by atoms with Crippen molar-refractivity contribution in [2.45, 2.75) is 25.2 Å². The number of aliphatic imine (C=N–C) groups is 1. The molecule has 1 heterocycles. The van der Waals surface area contributed by atoms with Crippen LogP contribution in [0.4, 0.5) is 18.9 Å². The number of alkyl halides is 3. The zero-order valence-corrected chi connectivity index (χ0v) is 15.8. The summed E-state index contributed by atoms with van der Waals surface area (Å²) >= 11 is 0. The molecule has 1 aromatic carbocycles. The predicted molar refractivity (Wildman–Crippen MR) is 101 cm³/mol. The second-order valence-corrected chi connectivity index (χ2v) is 6.52. The summed E-state index contributed by atoms with van der Waals surface area (Å²) in [5.41, 5.74) is 2.11. The number of hydrogen-bond donors (Lipinski definition) is 3. The van der Waals surface area contributed by atoms with Gasteiger partial charge in [0.05, 0.1) is 13.2 Å². The molecule has 27 heavy (non-hydrogen) atoms. The van der Waals surface area contributed by atoms with Gasteiger partial charge in [0.1, 0.15) is 0 Å². The lowest BCUT2D eigenvalue weighted by atomic mass is 10.2. The Hall–Kier alpha value is -2.00. The van der Waals surface area contributed by atoms with Crippen LogP contribution in [0.2, 0.25) is 0 Å². The Kier molecular flexibility index (Phi) is 8.18. The summed E-state index contributed by atoms with van der Waals surface area (Å²) in [5.74, 6) is 0.594. The molecule has 1 aliphatic rings. The molecule has 0 saturated carbocycles. The van der Waals surface area contributed by atoms with Crippen LogP contribution in [0, 0.1) is 0 Å². The smallest absolute Gasteiger partial charge is 0.383 e. The first-order valence-corrected chi connectivity index (χ1v) is 8.97. The number of methoxy groups -OCH3 is 1. The molecular weight excluding hydrogens is 359 g/mol. The number of hydrogen-bond acceptors (Lipinski definition) is 4. The summed E-state index contributed by atoms with van der Waals surface area (Å²) in [4.78, 5) is 5.58. The van der Waals surface area contributed by atoms with Gasteiger partial charge in [0.25, 0.3) is 0 Å². The first-order chi connectivity index (χ1) is 12.9. The van der Waals surface area contributed by atoms with E-state index in [9.17, 15) is 13.2 Å². The summed E-state index contributed by atoms with van der Waals surface area (Å²) in [6.45, 7) is 1.91. The molecule has 2 rings (SSSR count). The standard InChI is InChI=1S/C18H28F3N5O/c1-22-17(25-16-7-9-26(12-16)13-18(19,20)21)24-11-14-3-5-15(6-4-14)23-8-10-27-2/h3-6,16,23H,7-13H2,1-2H3,(H2,22,24,25). The number of likely N-dealkylation sites (tertiary alicyclic amines) is 1. The molecule has 1 atom stereocenters. The van der Waals surface area contributed by atoms with E-state index in [1.807, 2.05) is 24.3 Å². The third-order valence-corrected chi connectivity index (χ3v) is 4.29. The molecule has 6 nitrogen and oxygen atoms in total. The average molecular weight is 387 g/mol. The highest BCUT2D eigenvalue weighted by atomic mass is 19.4. The van der Waals surface area contributed by atoms with Gasteiger partial charge >= 0.3 is 6.18 Å². The molecule has 0 amide bonds. The topological polar surface area (TPSA) is 60.9 Å². The predicted octanol–water partition coefficient (Wildman–Crippen LogP) is 2.05. The first kappa shape index (κ1) is 21.3. The van der Waals surface area contributed by atoms with Crippen molar-refractivity contribution in [1.29, 1.82) is 0 Å². The van der Waals surface area contributed by atoms with Crippen LogP contribution in [0.5, 0.6) is 0 Å². The van der Waals surface area contributed by atoms with Crippen molar-refractivity contribution in [2.24, 2.45) is 4.99 Å². The van der Waals surface area contributed by atoms with Gasteiger partial charge in [-0.25, -0.2) is 0 Å². The van der Waals surface area contributed by atoms with Gasteiger partial charge in [0, 0.05) is 52.1 Å². The normalized spacial score (nSPS) is 18.6. The van der Waals surface area contributed by atoms with Gasteiger partial charge in [0.2, 0.25) is 0 Å². The van der Waals surface area contributed by atoms with Gasteiger partial charge in [-0.05, 0) is 24.1 Å². The van der Waals surface area contributed by atoms with Crippen LogP contribution in [0.25, 0.3) is 0 Å². The Morgan fingerprint density at radius 3 is 2.67 bits per heavy atom. The molecule has 3 N–H and O–H groups in total. The lowest BCUT2D eigenvalue weighted by Crippen LogP contribution is -2.44. The summed E-state index contributed by atoms with van der Waals surface area (Å²) in [7, 11) is 3.32. The van der Waals surface area contributed by atoms with Gasteiger partial charge in [-0.2, -0.15) is 13.2 Å². The fourth-order valence-electron chi connectivity index (χ4n) is 2.96. The highest BCUT2D eigenvalue weighted by molar-refractivity contribution is 5.80. The third kappa shape index (κ3) is 8.04. The minimum absolute atomic E-state index is 0.0362. The molecule has 152 valence electrons. The molecule has 1 saturated heterocycles. The highest BCUT2D eigenvalue weighted by Gasteiger charge is 2.34. The maximum absolute atomic E-state index is 12.5. The average Bonchev–Trinajstić information content (AvgIpc) is 3.05. The molecule has 0 aliphatic carbocycles. The Labute approximate surface area is 158 Å². The molecule has 0 aromatic heterocycles. The van der Waals surface area contributed by atoms with Crippen LogP contribution >= 0.6 is 0 Å². The Morgan fingerprint density at radius 1 is 1.30 bits per heavy atom. The zero-order valence-electron chi connectivity index (χ0n) is 15.8. The van der Waals surface area contributed by atoms with Crippen LogP contribution in [0.3, 0.4) is 0 Å². The Balaban J connectivity index is 1.74. The van der Waals surface area contributed by atoms with Crippen LogP contribution < -0.4 is 16.0 Å². The van der Waals surface area contributed by atoms with Gasteiger partial charge in [0.15, 0.2) is 5.96 Å². The fourth-order valence-corrected chi connectivity index (χ4v) is 2.96. The minimum Gasteiger partial charge on any atom is -0.383 e. The number of nitrogens with one attached hydrogen (secondary N) is 3. The maximum atomic E-state index is 12.5. The van der Waals surface area contributed by atoms with E-state index in [0.717, 1.165) is 17.8 Å². The van der Waals surface area contributed by atoms with Gasteiger partial charge in [-0.1, -0.05) is 12.1 Å². The van der Waals surface area contributed by atoms with E-state index in [2.05, 4.69) is 20.9 Å². The van der Waals surface area contributed by atoms with Crippen LogP contribution in [0.15, 0.2) is 29.3 Å². The summed E-state index contributed by atoms with van der Waals surface area (Å²) < 4.78 is 42.4. The fraction of sp³-hybridized carbons (Fsp3) is 0.611. The summed E-state index contributed by atoms with van der Waals surface area (Å²) in [5, 5.41) is 9.66. The molecule has 1 fully saturated rings. The maximum Gasteiger partial charge on any atom is 0.401 e. The van der Waals surface area contributed by atoms with Crippen molar-refractivity contribution < 1.29 is 17.9 Å². The van der Waals surface area contributed by atoms with E-state index in [1.54, 1.807) is 14.2 Å². The van der Waals surface area contributed by atoms with Crippen LogP contribution in [-0.4, -0.2) is 70.0 Å². The molecule has 9 heteroatoms. The first-order valence-electron chi connectivity index (χ1n) is 8.97. The highest BCUT2D eigenvalue weighted by Crippen LogP contribution is 2.19. The molecule has 1 aliphatic heterocycles. The van der Waals surface area contributed by atoms with E-state index >= 15 is 0 Å². The number of guanidine groups is 1. The van der Waals surface area contributed by atoms with Gasteiger partial charge < -0.3 is 20.7 Å². The molecule has 1 unspecified atom stereocenters. The number of halogens is 3. The molecule has 0 radical (unpaired) electrons.